The van der Waals surface area contributed by atoms with Crippen LogP contribution < -0.4 is 14.8 Å². The molecule has 1 aliphatic carbocycles. The Labute approximate surface area is 141 Å². The Morgan fingerprint density at radius 3 is 2.64 bits per heavy atom. The summed E-state index contributed by atoms with van der Waals surface area (Å²) in [5.74, 6) is 1.78. The van der Waals surface area contributed by atoms with E-state index in [9.17, 15) is 0 Å². The summed E-state index contributed by atoms with van der Waals surface area (Å²) >= 11 is 3.71. The molecule has 1 aliphatic heterocycles. The van der Waals surface area contributed by atoms with Gasteiger partial charge in [0.2, 0.25) is 0 Å². The summed E-state index contributed by atoms with van der Waals surface area (Å²) in [6, 6.07) is 4.06. The van der Waals surface area contributed by atoms with Gasteiger partial charge in [-0.15, -0.1) is 0 Å². The molecular weight excluding hydrogens is 344 g/mol. The number of rotatable bonds is 5. The first-order chi connectivity index (χ1) is 10.8. The van der Waals surface area contributed by atoms with Crippen LogP contribution in [0.3, 0.4) is 0 Å². The number of halogens is 1. The van der Waals surface area contributed by atoms with Crippen molar-refractivity contribution >= 4 is 15.9 Å². The summed E-state index contributed by atoms with van der Waals surface area (Å²) in [6.07, 6.45) is 5.19. The Balaban J connectivity index is 1.84. The molecule has 0 amide bonds. The van der Waals surface area contributed by atoms with E-state index in [4.69, 9.17) is 9.47 Å². The number of nitrogens with zero attached hydrogens (tertiary/aromatic N) is 1. The number of methoxy groups -OCH3 is 1. The van der Waals surface area contributed by atoms with Gasteiger partial charge >= 0.3 is 0 Å². The van der Waals surface area contributed by atoms with Gasteiger partial charge in [0, 0.05) is 42.8 Å². The fraction of sp³-hybridized carbons (Fsp3) is 0.647. The molecule has 2 fully saturated rings. The van der Waals surface area contributed by atoms with E-state index in [-0.39, 0.29) is 0 Å². The van der Waals surface area contributed by atoms with Crippen LogP contribution in [0.1, 0.15) is 31.2 Å². The third kappa shape index (κ3) is 3.76. The van der Waals surface area contributed by atoms with Crippen LogP contribution in [0.25, 0.3) is 0 Å². The van der Waals surface area contributed by atoms with Crippen molar-refractivity contribution in [3.05, 3.63) is 22.2 Å². The number of ether oxygens (including phenoxy) is 2. The SMILES string of the molecule is COc1ccc(Br)c(CN2CCNCC2)c1OC1CCCC1. The highest BCUT2D eigenvalue weighted by Gasteiger charge is 2.23. The number of nitrogens with one attached hydrogen (secondary N) is 1. The van der Waals surface area contributed by atoms with E-state index in [1.165, 1.54) is 18.4 Å². The van der Waals surface area contributed by atoms with E-state index < -0.39 is 0 Å². The summed E-state index contributed by atoms with van der Waals surface area (Å²) in [7, 11) is 1.72. The molecule has 0 bridgehead atoms. The van der Waals surface area contributed by atoms with Gasteiger partial charge in [0.25, 0.3) is 0 Å². The van der Waals surface area contributed by atoms with Crippen LogP contribution in [0.4, 0.5) is 0 Å². The maximum Gasteiger partial charge on any atom is 0.167 e. The number of benzene rings is 1. The van der Waals surface area contributed by atoms with Crippen LogP contribution in [-0.4, -0.2) is 44.3 Å². The van der Waals surface area contributed by atoms with E-state index in [1.807, 2.05) is 6.07 Å². The van der Waals surface area contributed by atoms with Crippen LogP contribution in [0.2, 0.25) is 0 Å². The standard InChI is InChI=1S/C17H25BrN2O2/c1-21-16-7-6-15(18)14(12-20-10-8-19-9-11-20)17(16)22-13-4-2-3-5-13/h6-7,13,19H,2-5,8-12H2,1H3. The van der Waals surface area contributed by atoms with Gasteiger partial charge in [-0.05, 0) is 37.8 Å². The highest BCUT2D eigenvalue weighted by Crippen LogP contribution is 2.39. The van der Waals surface area contributed by atoms with E-state index in [2.05, 4.69) is 32.2 Å². The zero-order valence-corrected chi connectivity index (χ0v) is 14.8. The molecule has 1 saturated carbocycles. The zero-order valence-electron chi connectivity index (χ0n) is 13.2. The third-order valence-corrected chi connectivity index (χ3v) is 5.31. The van der Waals surface area contributed by atoms with Crippen molar-refractivity contribution in [3.8, 4) is 11.5 Å². The zero-order chi connectivity index (χ0) is 15.4. The molecule has 0 atom stereocenters. The Hall–Kier alpha value is -0.780. The highest BCUT2D eigenvalue weighted by atomic mass is 79.9. The maximum atomic E-state index is 6.35. The van der Waals surface area contributed by atoms with E-state index in [0.29, 0.717) is 6.10 Å². The topological polar surface area (TPSA) is 33.7 Å². The number of hydrogen-bond donors (Lipinski definition) is 1. The summed E-state index contributed by atoms with van der Waals surface area (Å²) in [5, 5.41) is 3.40. The van der Waals surface area contributed by atoms with E-state index >= 15 is 0 Å². The molecule has 1 aromatic rings. The van der Waals surface area contributed by atoms with Gasteiger partial charge in [-0.2, -0.15) is 0 Å². The second kappa shape index (κ2) is 7.66. The first-order valence-corrected chi connectivity index (χ1v) is 9.02. The molecule has 1 saturated heterocycles. The minimum atomic E-state index is 0.338. The second-order valence-electron chi connectivity index (χ2n) is 6.11. The first-order valence-electron chi connectivity index (χ1n) is 8.23. The second-order valence-corrected chi connectivity index (χ2v) is 6.96. The molecule has 0 spiro atoms. The minimum absolute atomic E-state index is 0.338. The largest absolute Gasteiger partial charge is 0.493 e. The van der Waals surface area contributed by atoms with Crippen LogP contribution in [0.15, 0.2) is 16.6 Å². The molecule has 0 unspecified atom stereocenters. The molecule has 3 rings (SSSR count). The third-order valence-electron chi connectivity index (χ3n) is 4.57. The van der Waals surface area contributed by atoms with Crippen LogP contribution in [0.5, 0.6) is 11.5 Å². The fourth-order valence-electron chi connectivity index (χ4n) is 3.29. The molecule has 2 aliphatic rings. The molecule has 0 radical (unpaired) electrons. The van der Waals surface area contributed by atoms with E-state index in [1.54, 1.807) is 7.11 Å². The van der Waals surface area contributed by atoms with Gasteiger partial charge in [-0.25, -0.2) is 0 Å². The van der Waals surface area contributed by atoms with Gasteiger partial charge in [0.05, 0.1) is 13.2 Å². The van der Waals surface area contributed by atoms with Crippen molar-refractivity contribution in [3.63, 3.8) is 0 Å². The predicted octanol–water partition coefficient (Wildman–Crippen LogP) is 3.18. The summed E-state index contributed by atoms with van der Waals surface area (Å²) in [6.45, 7) is 5.17. The Morgan fingerprint density at radius 1 is 1.23 bits per heavy atom. The smallest absolute Gasteiger partial charge is 0.167 e. The van der Waals surface area contributed by atoms with Crippen LogP contribution >= 0.6 is 15.9 Å². The normalized spacial score (nSPS) is 20.3. The van der Waals surface area contributed by atoms with Crippen molar-refractivity contribution < 1.29 is 9.47 Å². The molecule has 22 heavy (non-hydrogen) atoms. The summed E-state index contributed by atoms with van der Waals surface area (Å²) < 4.78 is 13.0. The summed E-state index contributed by atoms with van der Waals surface area (Å²) in [4.78, 5) is 2.47. The lowest BCUT2D eigenvalue weighted by Crippen LogP contribution is -2.43. The molecule has 5 heteroatoms. The summed E-state index contributed by atoms with van der Waals surface area (Å²) in [5.41, 5.74) is 1.22. The van der Waals surface area contributed by atoms with Gasteiger partial charge in [0.15, 0.2) is 11.5 Å². The van der Waals surface area contributed by atoms with Crippen molar-refractivity contribution in [1.29, 1.82) is 0 Å². The van der Waals surface area contributed by atoms with E-state index in [0.717, 1.165) is 61.5 Å². The maximum absolute atomic E-state index is 6.35. The lowest BCUT2D eigenvalue weighted by atomic mass is 10.1. The molecule has 0 aromatic heterocycles. The van der Waals surface area contributed by atoms with Gasteiger partial charge < -0.3 is 14.8 Å². The number of piperazine rings is 1. The quantitative estimate of drug-likeness (QED) is 0.865. The Morgan fingerprint density at radius 2 is 1.95 bits per heavy atom. The van der Waals surface area contributed by atoms with Crippen LogP contribution in [-0.2, 0) is 6.54 Å². The van der Waals surface area contributed by atoms with Crippen molar-refractivity contribution in [2.75, 3.05) is 33.3 Å². The van der Waals surface area contributed by atoms with Crippen molar-refractivity contribution in [2.24, 2.45) is 0 Å². The molecule has 1 N–H and O–H groups in total. The fourth-order valence-corrected chi connectivity index (χ4v) is 3.72. The molecule has 4 nitrogen and oxygen atoms in total. The lowest BCUT2D eigenvalue weighted by molar-refractivity contribution is 0.188. The average molecular weight is 369 g/mol. The monoisotopic (exact) mass is 368 g/mol. The molecule has 1 aromatic carbocycles. The predicted molar refractivity (Wildman–Crippen MR) is 91.7 cm³/mol. The average Bonchev–Trinajstić information content (AvgIpc) is 3.05. The van der Waals surface area contributed by atoms with Gasteiger partial charge in [-0.3, -0.25) is 4.90 Å². The molecular formula is C17H25BrN2O2. The molecule has 122 valence electrons. The van der Waals surface area contributed by atoms with Crippen LogP contribution in [0, 0.1) is 0 Å². The van der Waals surface area contributed by atoms with Crippen molar-refractivity contribution in [1.82, 2.24) is 10.2 Å². The number of hydrogen-bond acceptors (Lipinski definition) is 4. The van der Waals surface area contributed by atoms with Gasteiger partial charge in [0.1, 0.15) is 0 Å². The lowest BCUT2D eigenvalue weighted by Gasteiger charge is -2.29. The minimum Gasteiger partial charge on any atom is -0.493 e. The Bertz CT molecular complexity index is 498. The van der Waals surface area contributed by atoms with Crippen molar-refractivity contribution in [2.45, 2.75) is 38.3 Å². The first kappa shape index (κ1) is 16.1. The van der Waals surface area contributed by atoms with Gasteiger partial charge in [-0.1, -0.05) is 15.9 Å². The highest BCUT2D eigenvalue weighted by molar-refractivity contribution is 9.10. The molecule has 1 heterocycles. The Kier molecular flexibility index (Phi) is 5.61.